The molecule has 0 saturated carbocycles. The van der Waals surface area contributed by atoms with Crippen molar-refractivity contribution in [3.8, 4) is 0 Å². The standard InChI is InChI=1S/C16H16FN3/c1-2-14(11-5-3-6-12(17)9-11)19-15-7-4-8-16-13(15)10-18-20-16/h3-10,14,19H,2H2,1H3,(H,18,20). The Kier molecular flexibility index (Phi) is 3.37. The highest BCUT2D eigenvalue weighted by atomic mass is 19.1. The summed E-state index contributed by atoms with van der Waals surface area (Å²) in [4.78, 5) is 0. The second-order valence-electron chi connectivity index (χ2n) is 4.80. The van der Waals surface area contributed by atoms with Crippen molar-refractivity contribution in [2.45, 2.75) is 19.4 Å². The third-order valence-electron chi connectivity index (χ3n) is 3.47. The molecule has 102 valence electrons. The van der Waals surface area contributed by atoms with Crippen LogP contribution in [0.5, 0.6) is 0 Å². The molecule has 0 aliphatic heterocycles. The highest BCUT2D eigenvalue weighted by Gasteiger charge is 2.11. The lowest BCUT2D eigenvalue weighted by Gasteiger charge is -2.19. The first kappa shape index (κ1) is 12.7. The van der Waals surface area contributed by atoms with E-state index in [1.807, 2.05) is 24.3 Å². The van der Waals surface area contributed by atoms with Gasteiger partial charge in [-0.3, -0.25) is 5.10 Å². The molecule has 0 spiro atoms. The van der Waals surface area contributed by atoms with E-state index in [-0.39, 0.29) is 11.9 Å². The lowest BCUT2D eigenvalue weighted by molar-refractivity contribution is 0.621. The highest BCUT2D eigenvalue weighted by Crippen LogP contribution is 2.27. The van der Waals surface area contributed by atoms with Crippen LogP contribution in [0.4, 0.5) is 10.1 Å². The van der Waals surface area contributed by atoms with Crippen molar-refractivity contribution < 1.29 is 4.39 Å². The fourth-order valence-corrected chi connectivity index (χ4v) is 2.43. The summed E-state index contributed by atoms with van der Waals surface area (Å²) in [5.74, 6) is -0.204. The van der Waals surface area contributed by atoms with E-state index in [9.17, 15) is 4.39 Å². The molecular formula is C16H16FN3. The topological polar surface area (TPSA) is 40.7 Å². The maximum absolute atomic E-state index is 13.4. The number of hydrogen-bond donors (Lipinski definition) is 2. The van der Waals surface area contributed by atoms with Gasteiger partial charge in [0.2, 0.25) is 0 Å². The van der Waals surface area contributed by atoms with Crippen LogP contribution in [0, 0.1) is 5.82 Å². The Hall–Kier alpha value is -2.36. The number of benzene rings is 2. The second kappa shape index (κ2) is 5.33. The SMILES string of the molecule is CCC(Nc1cccc2[nH]ncc12)c1cccc(F)c1. The number of rotatable bonds is 4. The molecule has 0 saturated heterocycles. The van der Waals surface area contributed by atoms with Gasteiger partial charge >= 0.3 is 0 Å². The second-order valence-corrected chi connectivity index (χ2v) is 4.80. The van der Waals surface area contributed by atoms with Crippen LogP contribution in [-0.4, -0.2) is 10.2 Å². The van der Waals surface area contributed by atoms with Gasteiger partial charge < -0.3 is 5.32 Å². The Morgan fingerprint density at radius 1 is 1.25 bits per heavy atom. The lowest BCUT2D eigenvalue weighted by atomic mass is 10.0. The Balaban J connectivity index is 1.93. The largest absolute Gasteiger partial charge is 0.378 e. The molecule has 20 heavy (non-hydrogen) atoms. The molecule has 1 unspecified atom stereocenters. The average molecular weight is 269 g/mol. The summed E-state index contributed by atoms with van der Waals surface area (Å²) < 4.78 is 13.4. The first-order valence-corrected chi connectivity index (χ1v) is 6.72. The van der Waals surface area contributed by atoms with Crippen molar-refractivity contribution in [1.82, 2.24) is 10.2 Å². The Morgan fingerprint density at radius 2 is 2.10 bits per heavy atom. The molecule has 0 aliphatic carbocycles. The summed E-state index contributed by atoms with van der Waals surface area (Å²) in [6.07, 6.45) is 2.67. The molecule has 4 heteroatoms. The van der Waals surface area contributed by atoms with Crippen molar-refractivity contribution in [3.05, 3.63) is 60.0 Å². The summed E-state index contributed by atoms with van der Waals surface area (Å²) in [5.41, 5.74) is 2.95. The lowest BCUT2D eigenvalue weighted by Crippen LogP contribution is -2.10. The van der Waals surface area contributed by atoms with Crippen LogP contribution in [0.3, 0.4) is 0 Å². The molecule has 1 aromatic heterocycles. The van der Waals surface area contributed by atoms with E-state index in [0.717, 1.165) is 28.6 Å². The average Bonchev–Trinajstić information content (AvgIpc) is 2.94. The zero-order chi connectivity index (χ0) is 13.9. The number of aromatic amines is 1. The summed E-state index contributed by atoms with van der Waals surface area (Å²) in [6, 6.07) is 12.8. The molecule has 0 bridgehead atoms. The van der Waals surface area contributed by atoms with Gasteiger partial charge in [0.15, 0.2) is 0 Å². The molecule has 3 aromatic rings. The van der Waals surface area contributed by atoms with Crippen LogP contribution in [0.25, 0.3) is 10.9 Å². The molecule has 0 fully saturated rings. The van der Waals surface area contributed by atoms with Crippen LogP contribution in [-0.2, 0) is 0 Å². The van der Waals surface area contributed by atoms with Gasteiger partial charge in [0.1, 0.15) is 5.82 Å². The monoisotopic (exact) mass is 269 g/mol. The maximum Gasteiger partial charge on any atom is 0.123 e. The van der Waals surface area contributed by atoms with Gasteiger partial charge in [0.05, 0.1) is 17.8 Å². The van der Waals surface area contributed by atoms with Gasteiger partial charge in [-0.15, -0.1) is 0 Å². The van der Waals surface area contributed by atoms with Gasteiger partial charge in [-0.05, 0) is 36.2 Å². The number of halogens is 1. The first-order valence-electron chi connectivity index (χ1n) is 6.72. The zero-order valence-corrected chi connectivity index (χ0v) is 11.2. The van der Waals surface area contributed by atoms with Gasteiger partial charge in [-0.25, -0.2) is 4.39 Å². The predicted molar refractivity (Wildman–Crippen MR) is 79.1 cm³/mol. The molecule has 3 rings (SSSR count). The number of nitrogens with zero attached hydrogens (tertiary/aromatic N) is 1. The van der Waals surface area contributed by atoms with Crippen LogP contribution >= 0.6 is 0 Å². The predicted octanol–water partition coefficient (Wildman–Crippen LogP) is 4.27. The molecule has 0 radical (unpaired) electrons. The molecule has 0 aliphatic rings. The smallest absolute Gasteiger partial charge is 0.123 e. The molecule has 0 amide bonds. The summed E-state index contributed by atoms with van der Waals surface area (Å²) in [5, 5.41) is 11.5. The van der Waals surface area contributed by atoms with Gasteiger partial charge in [0, 0.05) is 11.1 Å². The van der Waals surface area contributed by atoms with E-state index in [1.165, 1.54) is 6.07 Å². The van der Waals surface area contributed by atoms with Crippen LogP contribution in [0.2, 0.25) is 0 Å². The molecule has 1 heterocycles. The van der Waals surface area contributed by atoms with E-state index in [4.69, 9.17) is 0 Å². The van der Waals surface area contributed by atoms with E-state index >= 15 is 0 Å². The number of H-pyrrole nitrogens is 1. The molecule has 1 atom stereocenters. The van der Waals surface area contributed by atoms with Crippen molar-refractivity contribution in [1.29, 1.82) is 0 Å². The molecule has 2 aromatic carbocycles. The quantitative estimate of drug-likeness (QED) is 0.742. The molecule has 2 N–H and O–H groups in total. The van der Waals surface area contributed by atoms with Crippen molar-refractivity contribution in [2.75, 3.05) is 5.32 Å². The molecular weight excluding hydrogens is 253 g/mol. The third kappa shape index (κ3) is 2.37. The van der Waals surface area contributed by atoms with Crippen LogP contribution < -0.4 is 5.32 Å². The third-order valence-corrected chi connectivity index (χ3v) is 3.47. The maximum atomic E-state index is 13.4. The van der Waals surface area contributed by atoms with Crippen molar-refractivity contribution >= 4 is 16.6 Å². The van der Waals surface area contributed by atoms with Crippen molar-refractivity contribution in [3.63, 3.8) is 0 Å². The van der Waals surface area contributed by atoms with Crippen LogP contribution in [0.15, 0.2) is 48.7 Å². The fraction of sp³-hybridized carbons (Fsp3) is 0.188. The van der Waals surface area contributed by atoms with Gasteiger partial charge in [-0.2, -0.15) is 5.10 Å². The van der Waals surface area contributed by atoms with E-state index in [0.29, 0.717) is 0 Å². The number of fused-ring (bicyclic) bond motifs is 1. The van der Waals surface area contributed by atoms with Crippen molar-refractivity contribution in [2.24, 2.45) is 0 Å². The van der Waals surface area contributed by atoms with Gasteiger partial charge in [-0.1, -0.05) is 25.1 Å². The summed E-state index contributed by atoms with van der Waals surface area (Å²) >= 11 is 0. The van der Waals surface area contributed by atoms with Crippen LogP contribution in [0.1, 0.15) is 24.9 Å². The minimum Gasteiger partial charge on any atom is -0.378 e. The minimum absolute atomic E-state index is 0.0752. The summed E-state index contributed by atoms with van der Waals surface area (Å²) in [6.45, 7) is 2.08. The van der Waals surface area contributed by atoms with E-state index < -0.39 is 0 Å². The number of nitrogens with one attached hydrogen (secondary N) is 2. The number of anilines is 1. The van der Waals surface area contributed by atoms with E-state index in [1.54, 1.807) is 18.3 Å². The minimum atomic E-state index is -0.204. The van der Waals surface area contributed by atoms with E-state index in [2.05, 4.69) is 22.4 Å². The molecule has 3 nitrogen and oxygen atoms in total. The number of hydrogen-bond acceptors (Lipinski definition) is 2. The highest BCUT2D eigenvalue weighted by molar-refractivity contribution is 5.90. The number of aromatic nitrogens is 2. The van der Waals surface area contributed by atoms with Gasteiger partial charge in [0.25, 0.3) is 0 Å². The fourth-order valence-electron chi connectivity index (χ4n) is 2.43. The Bertz CT molecular complexity index is 720. The zero-order valence-electron chi connectivity index (χ0n) is 11.2. The summed E-state index contributed by atoms with van der Waals surface area (Å²) in [7, 11) is 0. The Morgan fingerprint density at radius 3 is 2.90 bits per heavy atom. The Labute approximate surface area is 116 Å². The normalized spacial score (nSPS) is 12.5. The first-order chi connectivity index (χ1) is 9.78.